The van der Waals surface area contributed by atoms with Crippen molar-refractivity contribution in [3.63, 3.8) is 0 Å². The summed E-state index contributed by atoms with van der Waals surface area (Å²) < 4.78 is 1.55. The summed E-state index contributed by atoms with van der Waals surface area (Å²) in [5, 5.41) is -0.00387. The van der Waals surface area contributed by atoms with Crippen LogP contribution < -0.4 is 4.90 Å². The molecule has 0 N–H and O–H groups in total. The molecule has 2 heterocycles. The summed E-state index contributed by atoms with van der Waals surface area (Å²) in [7, 11) is 0. The molecule has 1 saturated heterocycles. The first-order valence-electron chi connectivity index (χ1n) is 6.32. The third kappa shape index (κ3) is 3.09. The zero-order valence-corrected chi connectivity index (χ0v) is 15.1. The summed E-state index contributed by atoms with van der Waals surface area (Å²) in [6.07, 6.45) is 3.36. The molecule has 1 atom stereocenters. The smallest absolute Gasteiger partial charge is 0.247 e. The van der Waals surface area contributed by atoms with Crippen LogP contribution in [0.25, 0.3) is 0 Å². The van der Waals surface area contributed by atoms with E-state index in [2.05, 4.69) is 41.8 Å². The van der Waals surface area contributed by atoms with Crippen molar-refractivity contribution in [3.05, 3.63) is 45.6 Å². The van der Waals surface area contributed by atoms with E-state index in [4.69, 9.17) is 0 Å². The Morgan fingerprint density at radius 1 is 1.18 bits per heavy atom. The van der Waals surface area contributed by atoms with E-state index >= 15 is 0 Å². The number of amides is 2. The minimum absolute atomic E-state index is 0.143. The Morgan fingerprint density at radius 2 is 1.91 bits per heavy atom. The lowest BCUT2D eigenvalue weighted by Gasteiger charge is -2.16. The number of aromatic nitrogens is 2. The minimum Gasteiger partial charge on any atom is -0.274 e. The standard InChI is InChI=1S/C14H9Br2N3O2S/c15-8-2-3-10(9(16)6-8)19-12(20)7-11(13(19)21)22-14-17-4-1-5-18-14/h1-6,11H,7H2. The SMILES string of the molecule is O=C1CC(Sc2ncccn2)C(=O)N1c1ccc(Br)cc1Br. The second kappa shape index (κ2) is 6.47. The zero-order chi connectivity index (χ0) is 15.7. The normalized spacial score (nSPS) is 18.1. The van der Waals surface area contributed by atoms with Crippen molar-refractivity contribution in [1.82, 2.24) is 9.97 Å². The van der Waals surface area contributed by atoms with Crippen molar-refractivity contribution < 1.29 is 9.59 Å². The summed E-state index contributed by atoms with van der Waals surface area (Å²) in [5.74, 6) is -0.466. The van der Waals surface area contributed by atoms with Crippen molar-refractivity contribution >= 4 is 61.1 Å². The maximum atomic E-state index is 12.6. The van der Waals surface area contributed by atoms with Gasteiger partial charge in [-0.1, -0.05) is 27.7 Å². The Kier molecular flexibility index (Phi) is 4.60. The van der Waals surface area contributed by atoms with Crippen molar-refractivity contribution in [2.75, 3.05) is 4.90 Å². The number of thioether (sulfide) groups is 1. The minimum atomic E-state index is -0.495. The Labute approximate surface area is 147 Å². The molecule has 22 heavy (non-hydrogen) atoms. The number of carbonyl (C=O) groups excluding carboxylic acids is 2. The molecule has 1 fully saturated rings. The van der Waals surface area contributed by atoms with Gasteiger partial charge in [0.1, 0.15) is 5.25 Å². The number of benzene rings is 1. The van der Waals surface area contributed by atoms with Gasteiger partial charge in [0, 0.05) is 27.8 Å². The van der Waals surface area contributed by atoms with Gasteiger partial charge in [-0.05, 0) is 40.2 Å². The van der Waals surface area contributed by atoms with Gasteiger partial charge < -0.3 is 0 Å². The molecule has 1 aromatic carbocycles. The van der Waals surface area contributed by atoms with E-state index in [1.54, 1.807) is 36.7 Å². The molecule has 3 rings (SSSR count). The van der Waals surface area contributed by atoms with Gasteiger partial charge in [0.15, 0.2) is 5.16 Å². The molecule has 1 aliphatic rings. The summed E-state index contributed by atoms with van der Waals surface area (Å²) in [4.78, 5) is 34.2. The van der Waals surface area contributed by atoms with Gasteiger partial charge in [0.25, 0.3) is 0 Å². The third-order valence-corrected chi connectivity index (χ3v) is 5.25. The highest BCUT2D eigenvalue weighted by molar-refractivity contribution is 9.11. The number of imide groups is 1. The Morgan fingerprint density at radius 3 is 2.59 bits per heavy atom. The van der Waals surface area contributed by atoms with Gasteiger partial charge >= 0.3 is 0 Å². The molecular weight excluding hydrogens is 434 g/mol. The Hall–Kier alpha value is -1.25. The fourth-order valence-electron chi connectivity index (χ4n) is 2.09. The second-order valence-electron chi connectivity index (χ2n) is 4.51. The number of carbonyl (C=O) groups is 2. The zero-order valence-electron chi connectivity index (χ0n) is 11.1. The molecule has 0 aliphatic carbocycles. The molecule has 0 saturated carbocycles. The van der Waals surface area contributed by atoms with Gasteiger partial charge in [-0.3, -0.25) is 9.59 Å². The molecule has 0 bridgehead atoms. The van der Waals surface area contributed by atoms with E-state index in [0.717, 1.165) is 4.47 Å². The van der Waals surface area contributed by atoms with Gasteiger partial charge in [-0.15, -0.1) is 0 Å². The van der Waals surface area contributed by atoms with Crippen LogP contribution >= 0.6 is 43.6 Å². The number of hydrogen-bond acceptors (Lipinski definition) is 5. The molecule has 0 radical (unpaired) electrons. The van der Waals surface area contributed by atoms with Crippen molar-refractivity contribution in [2.45, 2.75) is 16.8 Å². The predicted octanol–water partition coefficient (Wildman–Crippen LogP) is 3.43. The molecule has 8 heteroatoms. The lowest BCUT2D eigenvalue weighted by atomic mass is 10.3. The first kappa shape index (κ1) is 15.6. The fourth-order valence-corrected chi connectivity index (χ4v) is 4.24. The lowest BCUT2D eigenvalue weighted by Crippen LogP contribution is -2.31. The summed E-state index contributed by atoms with van der Waals surface area (Å²) in [6.45, 7) is 0. The first-order chi connectivity index (χ1) is 10.6. The monoisotopic (exact) mass is 441 g/mol. The van der Waals surface area contributed by atoms with Crippen LogP contribution in [-0.4, -0.2) is 27.0 Å². The summed E-state index contributed by atoms with van der Waals surface area (Å²) in [5.41, 5.74) is 0.551. The number of halogens is 2. The lowest BCUT2D eigenvalue weighted by molar-refractivity contribution is -0.121. The Bertz CT molecular complexity index is 742. The van der Waals surface area contributed by atoms with E-state index in [0.29, 0.717) is 15.3 Å². The van der Waals surface area contributed by atoms with E-state index in [1.807, 2.05) is 0 Å². The largest absolute Gasteiger partial charge is 0.274 e. The number of nitrogens with zero attached hydrogens (tertiary/aromatic N) is 3. The molecule has 2 amide bonds. The maximum Gasteiger partial charge on any atom is 0.247 e. The van der Waals surface area contributed by atoms with Gasteiger partial charge in [0.2, 0.25) is 11.8 Å². The van der Waals surface area contributed by atoms with Crippen LogP contribution in [-0.2, 0) is 9.59 Å². The molecule has 1 aromatic heterocycles. The molecule has 1 unspecified atom stereocenters. The van der Waals surface area contributed by atoms with Crippen molar-refractivity contribution in [2.24, 2.45) is 0 Å². The highest BCUT2D eigenvalue weighted by atomic mass is 79.9. The molecule has 112 valence electrons. The van der Waals surface area contributed by atoms with Crippen LogP contribution in [0.5, 0.6) is 0 Å². The van der Waals surface area contributed by atoms with Crippen LogP contribution in [0.15, 0.2) is 50.8 Å². The van der Waals surface area contributed by atoms with Gasteiger partial charge in [-0.25, -0.2) is 14.9 Å². The van der Waals surface area contributed by atoms with Crippen molar-refractivity contribution in [1.29, 1.82) is 0 Å². The van der Waals surface area contributed by atoms with Gasteiger partial charge in [0.05, 0.1) is 5.69 Å². The first-order valence-corrected chi connectivity index (χ1v) is 8.78. The van der Waals surface area contributed by atoms with E-state index in [1.165, 1.54) is 16.7 Å². The van der Waals surface area contributed by atoms with Crippen molar-refractivity contribution in [3.8, 4) is 0 Å². The molecule has 1 aliphatic heterocycles. The van der Waals surface area contributed by atoms with Crippen LogP contribution in [0.1, 0.15) is 6.42 Å². The third-order valence-electron chi connectivity index (χ3n) is 3.05. The van der Waals surface area contributed by atoms with E-state index < -0.39 is 5.25 Å². The highest BCUT2D eigenvalue weighted by Gasteiger charge is 2.41. The van der Waals surface area contributed by atoms with Gasteiger partial charge in [-0.2, -0.15) is 0 Å². The fraction of sp³-hybridized carbons (Fsp3) is 0.143. The van der Waals surface area contributed by atoms with E-state index in [-0.39, 0.29) is 18.2 Å². The summed E-state index contributed by atoms with van der Waals surface area (Å²) >= 11 is 7.96. The van der Waals surface area contributed by atoms with Crippen LogP contribution in [0.3, 0.4) is 0 Å². The highest BCUT2D eigenvalue weighted by Crippen LogP contribution is 2.36. The Balaban J connectivity index is 1.85. The number of anilines is 1. The predicted molar refractivity (Wildman–Crippen MR) is 90.6 cm³/mol. The number of rotatable bonds is 3. The average molecular weight is 443 g/mol. The average Bonchev–Trinajstić information content (AvgIpc) is 2.75. The quantitative estimate of drug-likeness (QED) is 0.538. The maximum absolute atomic E-state index is 12.6. The van der Waals surface area contributed by atoms with Crippen LogP contribution in [0, 0.1) is 0 Å². The molecule has 0 spiro atoms. The number of hydrogen-bond donors (Lipinski definition) is 0. The topological polar surface area (TPSA) is 63.2 Å². The van der Waals surface area contributed by atoms with E-state index in [9.17, 15) is 9.59 Å². The summed E-state index contributed by atoms with van der Waals surface area (Å²) in [6, 6.07) is 7.03. The molecular formula is C14H9Br2N3O2S. The van der Waals surface area contributed by atoms with Crippen LogP contribution in [0.2, 0.25) is 0 Å². The molecule has 5 nitrogen and oxygen atoms in total. The second-order valence-corrected chi connectivity index (χ2v) is 7.45. The molecule has 2 aromatic rings. The van der Waals surface area contributed by atoms with Crippen LogP contribution in [0.4, 0.5) is 5.69 Å².